The third-order valence-corrected chi connectivity index (χ3v) is 3.76. The number of carbonyl (C=O) groups is 1. The quantitative estimate of drug-likeness (QED) is 0.531. The summed E-state index contributed by atoms with van der Waals surface area (Å²) in [6.45, 7) is 1.39. The Bertz CT molecular complexity index is 807. The van der Waals surface area contributed by atoms with Crippen molar-refractivity contribution in [2.24, 2.45) is 0 Å². The molecule has 0 saturated carbocycles. The number of carbonyl (C=O) groups excluding carboxylic acids is 1. The average molecular weight is 295 g/mol. The van der Waals surface area contributed by atoms with E-state index in [1.54, 1.807) is 17.4 Å². The molecule has 0 fully saturated rings. The van der Waals surface area contributed by atoms with E-state index >= 15 is 0 Å². The van der Waals surface area contributed by atoms with Gasteiger partial charge in [-0.2, -0.15) is 0 Å². The lowest BCUT2D eigenvalue weighted by Gasteiger charge is -2.05. The fraction of sp³-hybridized carbons (Fsp3) is 0.0588. The van der Waals surface area contributed by atoms with Gasteiger partial charge in [0.05, 0.1) is 5.69 Å². The highest BCUT2D eigenvalue weighted by molar-refractivity contribution is 7.10. The van der Waals surface area contributed by atoms with Gasteiger partial charge in [0.15, 0.2) is 5.75 Å². The molecule has 2 heterocycles. The molecule has 0 spiro atoms. The topological polar surface area (TPSA) is 39.2 Å². The monoisotopic (exact) mass is 295 g/mol. The number of fused-ring (bicyclic) bond motifs is 1. The van der Waals surface area contributed by atoms with E-state index in [9.17, 15) is 4.79 Å². The number of rotatable bonds is 3. The molecule has 4 heteroatoms. The van der Waals surface area contributed by atoms with Crippen LogP contribution in [0.2, 0.25) is 0 Å². The number of para-hydroxylation sites is 1. The Labute approximate surface area is 126 Å². The summed E-state index contributed by atoms with van der Waals surface area (Å²) in [6.07, 6.45) is 3.98. The molecule has 0 aliphatic heterocycles. The van der Waals surface area contributed by atoms with E-state index in [2.05, 4.69) is 4.98 Å². The predicted molar refractivity (Wildman–Crippen MR) is 86.3 cm³/mol. The Morgan fingerprint density at radius 3 is 2.81 bits per heavy atom. The van der Waals surface area contributed by atoms with Crippen LogP contribution in [0.15, 0.2) is 47.8 Å². The molecule has 3 rings (SSSR count). The second-order valence-corrected chi connectivity index (χ2v) is 5.49. The summed E-state index contributed by atoms with van der Waals surface area (Å²) < 4.78 is 5.21. The summed E-state index contributed by atoms with van der Waals surface area (Å²) in [7, 11) is 0. The third-order valence-electron chi connectivity index (χ3n) is 2.92. The van der Waals surface area contributed by atoms with Crippen LogP contribution in [0.4, 0.5) is 0 Å². The van der Waals surface area contributed by atoms with Crippen molar-refractivity contribution in [1.82, 2.24) is 4.98 Å². The molecule has 0 aliphatic rings. The van der Waals surface area contributed by atoms with Gasteiger partial charge >= 0.3 is 5.97 Å². The Morgan fingerprint density at radius 1 is 1.14 bits per heavy atom. The normalized spacial score (nSPS) is 11.1. The molecule has 3 nitrogen and oxygen atoms in total. The zero-order valence-corrected chi connectivity index (χ0v) is 12.3. The fourth-order valence-corrected chi connectivity index (χ4v) is 2.64. The van der Waals surface area contributed by atoms with Gasteiger partial charge in [-0.3, -0.25) is 4.79 Å². The van der Waals surface area contributed by atoms with Gasteiger partial charge in [-0.25, -0.2) is 4.98 Å². The molecule has 104 valence electrons. The first-order chi connectivity index (χ1) is 10.2. The van der Waals surface area contributed by atoms with Crippen LogP contribution < -0.4 is 4.74 Å². The van der Waals surface area contributed by atoms with Crippen LogP contribution >= 0.6 is 11.3 Å². The van der Waals surface area contributed by atoms with E-state index < -0.39 is 0 Å². The van der Waals surface area contributed by atoms with Gasteiger partial charge in [0.2, 0.25) is 0 Å². The van der Waals surface area contributed by atoms with Crippen molar-refractivity contribution >= 4 is 40.4 Å². The Kier molecular flexibility index (Phi) is 3.79. The first-order valence-electron chi connectivity index (χ1n) is 6.52. The standard InChI is InChI=1S/C17H13NO2S/c1-12(19)20-16-6-2-4-13-7-8-14(18-17(13)16)9-10-15-5-3-11-21-15/h2-11H,1H3. The molecule has 0 atom stereocenters. The number of pyridine rings is 1. The molecule has 0 unspecified atom stereocenters. The first kappa shape index (κ1) is 13.5. The van der Waals surface area contributed by atoms with Crippen molar-refractivity contribution in [1.29, 1.82) is 0 Å². The summed E-state index contributed by atoms with van der Waals surface area (Å²) >= 11 is 1.67. The van der Waals surface area contributed by atoms with Crippen molar-refractivity contribution in [3.8, 4) is 5.75 Å². The minimum Gasteiger partial charge on any atom is -0.424 e. The Balaban J connectivity index is 2.00. The zero-order valence-electron chi connectivity index (χ0n) is 11.4. The third kappa shape index (κ3) is 3.17. The van der Waals surface area contributed by atoms with E-state index in [-0.39, 0.29) is 5.97 Å². The van der Waals surface area contributed by atoms with E-state index in [1.165, 1.54) is 11.8 Å². The molecule has 0 saturated heterocycles. The number of esters is 1. The predicted octanol–water partition coefficient (Wildman–Crippen LogP) is 4.39. The van der Waals surface area contributed by atoms with Crippen molar-refractivity contribution in [2.75, 3.05) is 0 Å². The molecule has 0 aliphatic carbocycles. The molecule has 0 amide bonds. The number of ether oxygens (including phenoxy) is 1. The minimum absolute atomic E-state index is 0.344. The smallest absolute Gasteiger partial charge is 0.308 e. The summed E-state index contributed by atoms with van der Waals surface area (Å²) in [5, 5.41) is 2.98. The molecule has 1 aromatic carbocycles. The summed E-state index contributed by atoms with van der Waals surface area (Å²) in [5.74, 6) is 0.148. The summed E-state index contributed by atoms with van der Waals surface area (Å²) in [4.78, 5) is 16.9. The van der Waals surface area contributed by atoms with Gasteiger partial charge in [0, 0.05) is 17.2 Å². The van der Waals surface area contributed by atoms with Gasteiger partial charge in [-0.05, 0) is 35.7 Å². The number of hydrogen-bond acceptors (Lipinski definition) is 4. The molecule has 3 aromatic rings. The highest BCUT2D eigenvalue weighted by Gasteiger charge is 2.06. The van der Waals surface area contributed by atoms with Crippen LogP contribution in [-0.4, -0.2) is 11.0 Å². The SMILES string of the molecule is CC(=O)Oc1cccc2ccc(C=Cc3cccs3)nc12. The fourth-order valence-electron chi connectivity index (χ4n) is 2.02. The van der Waals surface area contributed by atoms with Crippen LogP contribution in [0.1, 0.15) is 17.5 Å². The number of thiophene rings is 1. The lowest BCUT2D eigenvalue weighted by molar-refractivity contribution is -0.131. The molecule has 2 aromatic heterocycles. The lowest BCUT2D eigenvalue weighted by Crippen LogP contribution is -2.02. The molecular weight excluding hydrogens is 282 g/mol. The zero-order chi connectivity index (χ0) is 14.7. The van der Waals surface area contributed by atoms with Crippen molar-refractivity contribution in [3.63, 3.8) is 0 Å². The van der Waals surface area contributed by atoms with Gasteiger partial charge in [-0.15, -0.1) is 11.3 Å². The van der Waals surface area contributed by atoms with E-state index in [4.69, 9.17) is 4.74 Å². The van der Waals surface area contributed by atoms with Crippen molar-refractivity contribution in [3.05, 3.63) is 58.4 Å². The Morgan fingerprint density at radius 2 is 2.05 bits per heavy atom. The highest BCUT2D eigenvalue weighted by Crippen LogP contribution is 2.24. The van der Waals surface area contributed by atoms with Gasteiger partial charge in [0.1, 0.15) is 5.52 Å². The van der Waals surface area contributed by atoms with Crippen molar-refractivity contribution in [2.45, 2.75) is 6.92 Å². The number of nitrogens with zero attached hydrogens (tertiary/aromatic N) is 1. The summed E-state index contributed by atoms with van der Waals surface area (Å²) in [6, 6.07) is 13.5. The molecule has 0 radical (unpaired) electrons. The molecular formula is C17H13NO2S. The van der Waals surface area contributed by atoms with E-state index in [0.29, 0.717) is 11.3 Å². The van der Waals surface area contributed by atoms with Gasteiger partial charge in [-0.1, -0.05) is 24.3 Å². The summed E-state index contributed by atoms with van der Waals surface area (Å²) in [5.41, 5.74) is 1.52. The van der Waals surface area contributed by atoms with E-state index in [1.807, 2.05) is 53.9 Å². The van der Waals surface area contributed by atoms with Crippen LogP contribution in [0.25, 0.3) is 23.1 Å². The van der Waals surface area contributed by atoms with Crippen LogP contribution in [0.5, 0.6) is 5.75 Å². The maximum atomic E-state index is 11.2. The van der Waals surface area contributed by atoms with E-state index in [0.717, 1.165) is 11.1 Å². The number of benzene rings is 1. The minimum atomic E-state index is -0.344. The maximum absolute atomic E-state index is 11.2. The first-order valence-corrected chi connectivity index (χ1v) is 7.40. The molecule has 0 bridgehead atoms. The van der Waals surface area contributed by atoms with Gasteiger partial charge < -0.3 is 4.74 Å². The average Bonchev–Trinajstić information content (AvgIpc) is 2.98. The molecule has 0 N–H and O–H groups in total. The largest absolute Gasteiger partial charge is 0.424 e. The van der Waals surface area contributed by atoms with Crippen LogP contribution in [0, 0.1) is 0 Å². The molecule has 21 heavy (non-hydrogen) atoms. The van der Waals surface area contributed by atoms with Crippen molar-refractivity contribution < 1.29 is 9.53 Å². The second kappa shape index (κ2) is 5.89. The maximum Gasteiger partial charge on any atom is 0.308 e. The lowest BCUT2D eigenvalue weighted by atomic mass is 10.2. The number of aromatic nitrogens is 1. The highest BCUT2D eigenvalue weighted by atomic mass is 32.1. The second-order valence-electron chi connectivity index (χ2n) is 4.51. The van der Waals surface area contributed by atoms with Crippen LogP contribution in [0.3, 0.4) is 0 Å². The number of hydrogen-bond donors (Lipinski definition) is 0. The van der Waals surface area contributed by atoms with Crippen LogP contribution in [-0.2, 0) is 4.79 Å². The Hall–Kier alpha value is -2.46. The van der Waals surface area contributed by atoms with Gasteiger partial charge in [0.25, 0.3) is 0 Å².